The first-order valence-corrected chi connectivity index (χ1v) is 18.9. The van der Waals surface area contributed by atoms with Gasteiger partial charge in [-0.2, -0.15) is 0 Å². The molecule has 13 heteroatoms. The summed E-state index contributed by atoms with van der Waals surface area (Å²) < 4.78 is 33.4. The molecule has 3 heterocycles. The number of hydrogen-bond donors (Lipinski definition) is 0. The summed E-state index contributed by atoms with van der Waals surface area (Å²) >= 11 is 5.33. The Labute approximate surface area is 287 Å². The number of nitrogens with zero attached hydrogens (tertiary/aromatic N) is 3. The molecule has 10 nitrogen and oxygen atoms in total. The van der Waals surface area contributed by atoms with Crippen molar-refractivity contribution < 1.29 is 33.2 Å². The van der Waals surface area contributed by atoms with Crippen LogP contribution in [0.3, 0.4) is 0 Å². The van der Waals surface area contributed by atoms with Gasteiger partial charge in [0.2, 0.25) is 0 Å². The molecular weight excluding hydrogens is 647 g/mol. The molecule has 1 aromatic rings. The van der Waals surface area contributed by atoms with Crippen molar-refractivity contribution in [3.63, 3.8) is 0 Å². The van der Waals surface area contributed by atoms with Gasteiger partial charge < -0.3 is 28.4 Å². The molecule has 1 fully saturated rings. The molecular formula is C33H51N3O7S3. The van der Waals surface area contributed by atoms with Gasteiger partial charge in [0.1, 0.15) is 17.6 Å². The number of hydrogen-bond acceptors (Lipinski definition) is 13. The van der Waals surface area contributed by atoms with E-state index in [0.29, 0.717) is 5.75 Å². The Bertz CT molecular complexity index is 1230. The van der Waals surface area contributed by atoms with Crippen LogP contribution in [0.1, 0.15) is 58.1 Å². The van der Waals surface area contributed by atoms with Crippen LogP contribution in [0.25, 0.3) is 0 Å². The van der Waals surface area contributed by atoms with Crippen LogP contribution in [0.5, 0.6) is 5.75 Å². The summed E-state index contributed by atoms with van der Waals surface area (Å²) in [6, 6.07) is 6.49. The summed E-state index contributed by atoms with van der Waals surface area (Å²) in [6.07, 6.45) is 4.27. The van der Waals surface area contributed by atoms with Gasteiger partial charge in [0.25, 0.3) is 0 Å². The Balaban J connectivity index is 1.55. The summed E-state index contributed by atoms with van der Waals surface area (Å²) in [6.45, 7) is 8.62. The minimum Gasteiger partial charge on any atom is -0.467 e. The molecule has 0 N–H and O–H groups in total. The lowest BCUT2D eigenvalue weighted by molar-refractivity contribution is -0.158. The standard InChI is InChI=1S/C33H51N3O7S3/c1-9-10-11-13-22-14-12-15-25(41-19-38-6)26(22)28-34-23(16-44-28)29-36(5)24(17-45-29)27(42-20-39-7)32(2,3)30-35-33(4,18-46-30)31(37)43-21-40-8/h12,14-15,23-24,27,29H,9-11,13,16-21H2,1-8H3/t23-,24+,27-,29-,33-/m1/s1. The minimum atomic E-state index is -0.967. The maximum Gasteiger partial charge on any atom is 0.336 e. The van der Waals surface area contributed by atoms with Crippen LogP contribution in [-0.2, 0) is 34.9 Å². The van der Waals surface area contributed by atoms with Gasteiger partial charge in [0.05, 0.1) is 28.1 Å². The van der Waals surface area contributed by atoms with Crippen LogP contribution in [0.15, 0.2) is 28.2 Å². The van der Waals surface area contributed by atoms with E-state index >= 15 is 0 Å². The van der Waals surface area contributed by atoms with Gasteiger partial charge in [-0.05, 0) is 38.4 Å². The highest BCUT2D eigenvalue weighted by molar-refractivity contribution is 8.15. The zero-order chi connectivity index (χ0) is 33.3. The fourth-order valence-electron chi connectivity index (χ4n) is 6.08. The molecule has 0 unspecified atom stereocenters. The van der Waals surface area contributed by atoms with Gasteiger partial charge >= 0.3 is 5.97 Å². The first-order valence-electron chi connectivity index (χ1n) is 15.9. The van der Waals surface area contributed by atoms with Crippen molar-refractivity contribution in [1.29, 1.82) is 0 Å². The summed E-state index contributed by atoms with van der Waals surface area (Å²) in [4.78, 5) is 25.5. The maximum atomic E-state index is 12.8. The quantitative estimate of drug-likeness (QED) is 0.107. The van der Waals surface area contributed by atoms with Crippen molar-refractivity contribution in [2.75, 3.05) is 66.0 Å². The van der Waals surface area contributed by atoms with Crippen molar-refractivity contribution in [2.45, 2.75) is 82.5 Å². The highest BCUT2D eigenvalue weighted by atomic mass is 32.2. The summed E-state index contributed by atoms with van der Waals surface area (Å²) in [7, 11) is 6.96. The average molecular weight is 698 g/mol. The Morgan fingerprint density at radius 3 is 2.57 bits per heavy atom. The molecule has 1 aromatic carbocycles. The van der Waals surface area contributed by atoms with Crippen molar-refractivity contribution in [3.05, 3.63) is 29.3 Å². The van der Waals surface area contributed by atoms with Crippen molar-refractivity contribution >= 4 is 51.3 Å². The molecule has 0 spiro atoms. The Hall–Kier alpha value is -1.32. The van der Waals surface area contributed by atoms with Crippen LogP contribution in [0, 0.1) is 5.41 Å². The van der Waals surface area contributed by atoms with Gasteiger partial charge in [0, 0.05) is 50.0 Å². The number of methoxy groups -OCH3 is 3. The predicted octanol–water partition coefficient (Wildman–Crippen LogP) is 5.70. The first-order chi connectivity index (χ1) is 22.1. The SMILES string of the molecule is CCCCCc1cccc(OCOC)c1C1=N[C@@H]([C@H]2SC[C@@H]([C@@H](OCOC)C(C)(C)C3=N[C@@](C)(C(=O)OCOC)CS3)N2C)CS1. The second kappa shape index (κ2) is 17.4. The molecule has 3 aliphatic heterocycles. The summed E-state index contributed by atoms with van der Waals surface area (Å²) in [5, 5.41) is 2.11. The number of likely N-dealkylation sites (N-methyl/N-ethyl adjacent to an activating group) is 1. The first kappa shape index (κ1) is 37.5. The van der Waals surface area contributed by atoms with Crippen LogP contribution >= 0.6 is 35.3 Å². The normalized spacial score (nSPS) is 25.9. The van der Waals surface area contributed by atoms with E-state index in [-0.39, 0.29) is 49.9 Å². The number of carbonyl (C=O) groups is 1. The topological polar surface area (TPSA) is 100 Å². The number of esters is 1. The van der Waals surface area contributed by atoms with E-state index in [1.54, 1.807) is 26.0 Å². The van der Waals surface area contributed by atoms with Crippen LogP contribution in [-0.4, -0.2) is 116 Å². The predicted molar refractivity (Wildman–Crippen MR) is 190 cm³/mol. The molecule has 0 saturated carbocycles. The smallest absolute Gasteiger partial charge is 0.336 e. The van der Waals surface area contributed by atoms with E-state index in [9.17, 15) is 4.79 Å². The van der Waals surface area contributed by atoms with E-state index in [1.165, 1.54) is 25.5 Å². The third kappa shape index (κ3) is 8.63. The molecule has 5 atom stereocenters. The van der Waals surface area contributed by atoms with E-state index in [4.69, 9.17) is 38.4 Å². The number of aliphatic imine (C=N–C) groups is 2. The number of carbonyl (C=O) groups excluding carboxylic acids is 1. The van der Waals surface area contributed by atoms with E-state index in [1.807, 2.05) is 36.5 Å². The lowest BCUT2D eigenvalue weighted by atomic mass is 9.82. The maximum absolute atomic E-state index is 12.8. The van der Waals surface area contributed by atoms with Gasteiger partial charge in [-0.25, -0.2) is 4.79 Å². The third-order valence-corrected chi connectivity index (χ3v) is 12.8. The Morgan fingerprint density at radius 2 is 1.85 bits per heavy atom. The van der Waals surface area contributed by atoms with Crippen molar-refractivity contribution in [2.24, 2.45) is 15.4 Å². The van der Waals surface area contributed by atoms with Crippen LogP contribution in [0.4, 0.5) is 0 Å². The highest BCUT2D eigenvalue weighted by Gasteiger charge is 2.51. The third-order valence-electron chi connectivity index (χ3n) is 8.64. The van der Waals surface area contributed by atoms with E-state index < -0.39 is 11.0 Å². The summed E-state index contributed by atoms with van der Waals surface area (Å²) in [5.74, 6) is 2.73. The average Bonchev–Trinajstić information content (AvgIpc) is 3.78. The lowest BCUT2D eigenvalue weighted by Crippen LogP contribution is -2.53. The number of thioether (sulfide) groups is 3. The largest absolute Gasteiger partial charge is 0.467 e. The van der Waals surface area contributed by atoms with Crippen molar-refractivity contribution in [3.8, 4) is 5.75 Å². The van der Waals surface area contributed by atoms with E-state index in [2.05, 4.69) is 44.9 Å². The second-order valence-corrected chi connectivity index (χ2v) is 15.7. The highest BCUT2D eigenvalue weighted by Crippen LogP contribution is 2.46. The second-order valence-electron chi connectivity index (χ2n) is 12.6. The zero-order valence-corrected chi connectivity index (χ0v) is 31.0. The zero-order valence-electron chi connectivity index (χ0n) is 28.5. The van der Waals surface area contributed by atoms with Gasteiger partial charge in [0.15, 0.2) is 19.1 Å². The van der Waals surface area contributed by atoms with Gasteiger partial charge in [-0.1, -0.05) is 45.7 Å². The number of rotatable bonds is 18. The molecule has 0 radical (unpaired) electrons. The fraction of sp³-hybridized carbons (Fsp3) is 0.727. The monoisotopic (exact) mass is 697 g/mol. The number of unbranched alkanes of at least 4 members (excludes halogenated alkanes) is 2. The molecule has 0 aliphatic carbocycles. The Morgan fingerprint density at radius 1 is 1.09 bits per heavy atom. The minimum absolute atomic E-state index is 0.0851. The molecule has 0 bridgehead atoms. The molecule has 0 amide bonds. The molecule has 258 valence electrons. The Kier molecular flexibility index (Phi) is 14.2. The summed E-state index contributed by atoms with van der Waals surface area (Å²) in [5.41, 5.74) is 0.935. The number of aryl methyl sites for hydroxylation is 1. The van der Waals surface area contributed by atoms with Crippen molar-refractivity contribution in [1.82, 2.24) is 4.90 Å². The molecule has 46 heavy (non-hydrogen) atoms. The van der Waals surface area contributed by atoms with Gasteiger partial charge in [-0.3, -0.25) is 14.9 Å². The van der Waals surface area contributed by atoms with E-state index in [0.717, 1.165) is 45.7 Å². The lowest BCUT2D eigenvalue weighted by Gasteiger charge is -2.40. The van der Waals surface area contributed by atoms with Crippen LogP contribution < -0.4 is 4.74 Å². The molecule has 0 aromatic heterocycles. The molecule has 4 rings (SSSR count). The van der Waals surface area contributed by atoms with Crippen LogP contribution in [0.2, 0.25) is 0 Å². The number of benzene rings is 1. The van der Waals surface area contributed by atoms with Gasteiger partial charge in [-0.15, -0.1) is 35.3 Å². The molecule has 1 saturated heterocycles. The molecule has 3 aliphatic rings. The fourth-order valence-corrected chi connectivity index (χ4v) is 10.3. The number of ether oxygens (including phenoxy) is 6.